The number of carbonyl (C=O) groups is 2. The highest BCUT2D eigenvalue weighted by Crippen LogP contribution is 2.36. The SMILES string of the molecule is CCNC(=O)[C@H](C)N(Cc1ccccc1Cl)C(=O)CN(c1cc(C(F)(F)F)ccc1Cl)S(C)(=O)=O. The summed E-state index contributed by atoms with van der Waals surface area (Å²) < 4.78 is 65.3. The van der Waals surface area contributed by atoms with Gasteiger partial charge in [0.1, 0.15) is 12.6 Å². The molecule has 0 aromatic heterocycles. The number of hydrogen-bond acceptors (Lipinski definition) is 4. The number of alkyl halides is 3. The summed E-state index contributed by atoms with van der Waals surface area (Å²) in [6, 6.07) is 7.68. The van der Waals surface area contributed by atoms with Crippen LogP contribution in [0.5, 0.6) is 0 Å². The summed E-state index contributed by atoms with van der Waals surface area (Å²) in [6.07, 6.45) is -4.03. The Balaban J connectivity index is 2.51. The molecule has 0 spiro atoms. The number of nitrogens with one attached hydrogen (secondary N) is 1. The van der Waals surface area contributed by atoms with Crippen LogP contribution in [0.1, 0.15) is 25.0 Å². The van der Waals surface area contributed by atoms with Gasteiger partial charge in [0, 0.05) is 18.1 Å². The number of halogens is 5. The maximum Gasteiger partial charge on any atom is 0.416 e. The number of hydrogen-bond donors (Lipinski definition) is 1. The first-order chi connectivity index (χ1) is 16.2. The third-order valence-electron chi connectivity index (χ3n) is 5.04. The van der Waals surface area contributed by atoms with Gasteiger partial charge in [-0.15, -0.1) is 0 Å². The molecule has 0 unspecified atom stereocenters. The van der Waals surface area contributed by atoms with Crippen LogP contribution < -0.4 is 9.62 Å². The molecule has 0 bridgehead atoms. The lowest BCUT2D eigenvalue weighted by atomic mass is 10.1. The van der Waals surface area contributed by atoms with E-state index in [0.717, 1.165) is 17.2 Å². The van der Waals surface area contributed by atoms with Gasteiger partial charge >= 0.3 is 6.18 Å². The number of rotatable bonds is 9. The van der Waals surface area contributed by atoms with Crippen molar-refractivity contribution in [2.24, 2.45) is 0 Å². The van der Waals surface area contributed by atoms with E-state index in [2.05, 4.69) is 5.32 Å². The molecule has 2 rings (SSSR count). The Labute approximate surface area is 211 Å². The average molecular weight is 554 g/mol. The number of anilines is 1. The maximum atomic E-state index is 13.4. The van der Waals surface area contributed by atoms with E-state index in [1.807, 2.05) is 0 Å². The average Bonchev–Trinajstić information content (AvgIpc) is 2.75. The van der Waals surface area contributed by atoms with Gasteiger partial charge in [-0.2, -0.15) is 13.2 Å². The van der Waals surface area contributed by atoms with Gasteiger partial charge in [-0.25, -0.2) is 8.42 Å². The predicted octanol–water partition coefficient (Wildman–Crippen LogP) is 4.33. The quantitative estimate of drug-likeness (QED) is 0.500. The second-order valence-electron chi connectivity index (χ2n) is 7.62. The summed E-state index contributed by atoms with van der Waals surface area (Å²) in [7, 11) is -4.26. The van der Waals surface area contributed by atoms with E-state index in [1.54, 1.807) is 31.2 Å². The molecule has 0 aliphatic carbocycles. The molecule has 35 heavy (non-hydrogen) atoms. The van der Waals surface area contributed by atoms with Crippen LogP contribution in [0, 0.1) is 0 Å². The van der Waals surface area contributed by atoms with Crippen molar-refractivity contribution in [2.75, 3.05) is 23.7 Å². The molecule has 0 fully saturated rings. The Morgan fingerprint density at radius 2 is 1.71 bits per heavy atom. The van der Waals surface area contributed by atoms with Gasteiger partial charge in [-0.05, 0) is 43.7 Å². The van der Waals surface area contributed by atoms with Crippen molar-refractivity contribution in [2.45, 2.75) is 32.6 Å². The lowest BCUT2D eigenvalue weighted by Crippen LogP contribution is -2.51. The molecule has 192 valence electrons. The van der Waals surface area contributed by atoms with Crippen LogP contribution in [0.25, 0.3) is 0 Å². The van der Waals surface area contributed by atoms with Gasteiger partial charge in [0.2, 0.25) is 21.8 Å². The maximum absolute atomic E-state index is 13.4. The standard InChI is InChI=1S/C22H24Cl2F3N3O4S/c1-4-28-21(32)14(2)29(12-15-7-5-6-8-17(15)23)20(31)13-30(35(3,33)34)19-11-16(22(25,26)27)9-10-18(19)24/h5-11,14H,4,12-13H2,1-3H3,(H,28,32)/t14-/m0/s1. The predicted molar refractivity (Wildman–Crippen MR) is 129 cm³/mol. The van der Waals surface area contributed by atoms with E-state index < -0.39 is 51.9 Å². The van der Waals surface area contributed by atoms with E-state index >= 15 is 0 Å². The highest BCUT2D eigenvalue weighted by atomic mass is 35.5. The molecule has 1 N–H and O–H groups in total. The Kier molecular flexibility index (Phi) is 9.43. The fourth-order valence-electron chi connectivity index (χ4n) is 3.19. The third kappa shape index (κ3) is 7.49. The van der Waals surface area contributed by atoms with Crippen LogP contribution in [-0.2, 0) is 32.3 Å². The lowest BCUT2D eigenvalue weighted by Gasteiger charge is -2.32. The zero-order valence-corrected chi connectivity index (χ0v) is 21.4. The zero-order chi connectivity index (χ0) is 26.6. The highest BCUT2D eigenvalue weighted by molar-refractivity contribution is 7.92. The summed E-state index contributed by atoms with van der Waals surface area (Å²) in [5.74, 6) is -1.35. The monoisotopic (exact) mass is 553 g/mol. The first kappa shape index (κ1) is 28.7. The fourth-order valence-corrected chi connectivity index (χ4v) is 4.51. The molecular weight excluding hydrogens is 530 g/mol. The number of nitrogens with zero attached hydrogens (tertiary/aromatic N) is 2. The van der Waals surface area contributed by atoms with Gasteiger partial charge in [-0.3, -0.25) is 13.9 Å². The Morgan fingerprint density at radius 3 is 2.26 bits per heavy atom. The van der Waals surface area contributed by atoms with E-state index in [9.17, 15) is 31.2 Å². The van der Waals surface area contributed by atoms with Gasteiger partial charge in [0.05, 0.1) is 22.5 Å². The molecule has 0 radical (unpaired) electrons. The lowest BCUT2D eigenvalue weighted by molar-refractivity contribution is -0.139. The third-order valence-corrected chi connectivity index (χ3v) is 6.85. The van der Waals surface area contributed by atoms with Crippen molar-refractivity contribution < 1.29 is 31.2 Å². The van der Waals surface area contributed by atoms with Gasteiger partial charge in [0.15, 0.2) is 0 Å². The van der Waals surface area contributed by atoms with Crippen molar-refractivity contribution in [3.05, 3.63) is 63.6 Å². The molecule has 0 aliphatic heterocycles. The molecule has 0 heterocycles. The molecule has 2 aromatic rings. The van der Waals surface area contributed by atoms with Crippen molar-refractivity contribution in [1.82, 2.24) is 10.2 Å². The van der Waals surface area contributed by atoms with Gasteiger partial charge in [0.25, 0.3) is 0 Å². The fraction of sp³-hybridized carbons (Fsp3) is 0.364. The van der Waals surface area contributed by atoms with E-state index in [1.165, 1.54) is 6.92 Å². The van der Waals surface area contributed by atoms with Crippen LogP contribution in [0.15, 0.2) is 42.5 Å². The molecule has 0 saturated carbocycles. The van der Waals surface area contributed by atoms with Gasteiger partial charge < -0.3 is 10.2 Å². The number of benzene rings is 2. The molecule has 0 aliphatic rings. The first-order valence-corrected chi connectivity index (χ1v) is 12.9. The minimum atomic E-state index is -4.77. The molecule has 2 amide bonds. The molecule has 0 saturated heterocycles. The molecule has 1 atom stereocenters. The first-order valence-electron chi connectivity index (χ1n) is 10.3. The molecule has 7 nitrogen and oxygen atoms in total. The topological polar surface area (TPSA) is 86.8 Å². The summed E-state index contributed by atoms with van der Waals surface area (Å²) in [4.78, 5) is 27.0. The van der Waals surface area contributed by atoms with Crippen LogP contribution in [0.3, 0.4) is 0 Å². The van der Waals surface area contributed by atoms with E-state index in [0.29, 0.717) is 27.0 Å². The zero-order valence-electron chi connectivity index (χ0n) is 19.1. The van der Waals surface area contributed by atoms with Gasteiger partial charge in [-0.1, -0.05) is 41.4 Å². The van der Waals surface area contributed by atoms with Crippen molar-refractivity contribution in [3.8, 4) is 0 Å². The number of likely N-dealkylation sites (N-methyl/N-ethyl adjacent to an activating group) is 1. The second-order valence-corrected chi connectivity index (χ2v) is 10.3. The van der Waals surface area contributed by atoms with Crippen LogP contribution in [0.4, 0.5) is 18.9 Å². The molecule has 2 aromatic carbocycles. The van der Waals surface area contributed by atoms with Crippen LogP contribution >= 0.6 is 23.2 Å². The van der Waals surface area contributed by atoms with Crippen molar-refractivity contribution >= 4 is 50.7 Å². The minimum absolute atomic E-state index is 0.148. The Hall–Kier alpha value is -2.50. The second kappa shape index (κ2) is 11.5. The summed E-state index contributed by atoms with van der Waals surface area (Å²) >= 11 is 12.2. The number of amides is 2. The Morgan fingerprint density at radius 1 is 1.09 bits per heavy atom. The number of sulfonamides is 1. The van der Waals surface area contributed by atoms with E-state index in [-0.39, 0.29) is 18.1 Å². The summed E-state index contributed by atoms with van der Waals surface area (Å²) in [5.41, 5.74) is -1.16. The largest absolute Gasteiger partial charge is 0.416 e. The smallest absolute Gasteiger partial charge is 0.355 e. The minimum Gasteiger partial charge on any atom is -0.355 e. The Bertz CT molecular complexity index is 1190. The summed E-state index contributed by atoms with van der Waals surface area (Å²) in [6.45, 7) is 2.37. The number of carbonyl (C=O) groups excluding carboxylic acids is 2. The van der Waals surface area contributed by atoms with Crippen LogP contribution in [-0.4, -0.2) is 50.5 Å². The van der Waals surface area contributed by atoms with Crippen LogP contribution in [0.2, 0.25) is 10.0 Å². The van der Waals surface area contributed by atoms with E-state index in [4.69, 9.17) is 23.2 Å². The highest BCUT2D eigenvalue weighted by Gasteiger charge is 2.34. The van der Waals surface area contributed by atoms with Crippen molar-refractivity contribution in [1.29, 1.82) is 0 Å². The normalized spacial score (nSPS) is 12.7. The summed E-state index contributed by atoms with van der Waals surface area (Å²) in [5, 5.41) is 2.60. The molecule has 13 heteroatoms. The molecular formula is C22H24Cl2F3N3O4S. The van der Waals surface area contributed by atoms with Crippen molar-refractivity contribution in [3.63, 3.8) is 0 Å².